The highest BCUT2D eigenvalue weighted by Crippen LogP contribution is 2.24. The van der Waals surface area contributed by atoms with Crippen LogP contribution in [-0.2, 0) is 0 Å². The van der Waals surface area contributed by atoms with E-state index >= 15 is 0 Å². The van der Waals surface area contributed by atoms with Crippen molar-refractivity contribution in [2.75, 3.05) is 13.1 Å². The Balaban J connectivity index is 1.49. The van der Waals surface area contributed by atoms with Crippen molar-refractivity contribution in [3.05, 3.63) is 47.7 Å². The molecular weight excluding hydrogens is 339 g/mol. The van der Waals surface area contributed by atoms with Crippen LogP contribution in [-0.4, -0.2) is 49.0 Å². The van der Waals surface area contributed by atoms with E-state index in [0.717, 1.165) is 12.8 Å². The predicted octanol–water partition coefficient (Wildman–Crippen LogP) is 2.25. The molecule has 1 aromatic carbocycles. The Hall–Kier alpha value is -3.10. The molecule has 0 radical (unpaired) electrons. The molecule has 1 saturated heterocycles. The monoisotopic (exact) mass is 356 g/mol. The van der Waals surface area contributed by atoms with E-state index in [1.807, 2.05) is 0 Å². The number of carbonyl (C=O) groups excluding carboxylic acids is 1. The highest BCUT2D eigenvalue weighted by atomic mass is 19.1. The number of hydrogen-bond donors (Lipinski definition) is 0. The van der Waals surface area contributed by atoms with E-state index in [0.29, 0.717) is 36.1 Å². The van der Waals surface area contributed by atoms with Gasteiger partial charge in [-0.15, -0.1) is 5.10 Å². The summed E-state index contributed by atoms with van der Waals surface area (Å²) in [6.07, 6.45) is 3.49. The van der Waals surface area contributed by atoms with Crippen LogP contribution in [0.5, 0.6) is 0 Å². The summed E-state index contributed by atoms with van der Waals surface area (Å²) in [6.45, 7) is 2.91. The smallest absolute Gasteiger partial charge is 0.280 e. The lowest BCUT2D eigenvalue weighted by Crippen LogP contribution is -2.40. The molecule has 1 fully saturated rings. The Morgan fingerprint density at radius 2 is 2.12 bits per heavy atom. The molecule has 0 saturated carbocycles. The number of benzene rings is 1. The predicted molar refractivity (Wildman–Crippen MR) is 88.6 cm³/mol. The fourth-order valence-electron chi connectivity index (χ4n) is 3.08. The third kappa shape index (κ3) is 3.19. The standard InChI is InChI=1S/C17H17FN6O2/c1-11-19-16(26-21-11)15-10-24(22-20-15)14-3-2-8-23(9-14)17(25)12-4-6-13(18)7-5-12/h4-7,10,14H,2-3,8-9H2,1H3. The first-order valence-corrected chi connectivity index (χ1v) is 8.37. The first-order chi connectivity index (χ1) is 12.6. The van der Waals surface area contributed by atoms with Gasteiger partial charge in [-0.05, 0) is 44.0 Å². The van der Waals surface area contributed by atoms with Gasteiger partial charge in [0.15, 0.2) is 11.5 Å². The van der Waals surface area contributed by atoms with Crippen LogP contribution in [0.3, 0.4) is 0 Å². The van der Waals surface area contributed by atoms with Crippen LogP contribution in [0.25, 0.3) is 11.6 Å². The van der Waals surface area contributed by atoms with Gasteiger partial charge < -0.3 is 9.42 Å². The minimum Gasteiger partial charge on any atom is -0.337 e. The SMILES string of the molecule is Cc1noc(-c2cn(C3CCCN(C(=O)c4ccc(F)cc4)C3)nn2)n1. The van der Waals surface area contributed by atoms with E-state index in [-0.39, 0.29) is 17.8 Å². The van der Waals surface area contributed by atoms with Crippen molar-refractivity contribution in [1.82, 2.24) is 30.0 Å². The van der Waals surface area contributed by atoms with Crippen LogP contribution in [0.15, 0.2) is 35.0 Å². The van der Waals surface area contributed by atoms with Gasteiger partial charge in [0.25, 0.3) is 11.8 Å². The first kappa shape index (κ1) is 16.4. The van der Waals surface area contributed by atoms with Crippen LogP contribution in [0.1, 0.15) is 35.1 Å². The summed E-state index contributed by atoms with van der Waals surface area (Å²) in [5.41, 5.74) is 0.986. The molecule has 1 atom stereocenters. The van der Waals surface area contributed by atoms with Crippen molar-refractivity contribution in [3.63, 3.8) is 0 Å². The number of likely N-dealkylation sites (tertiary alicyclic amines) is 1. The summed E-state index contributed by atoms with van der Waals surface area (Å²) >= 11 is 0. The Labute approximate surface area is 148 Å². The number of carbonyl (C=O) groups is 1. The number of halogens is 1. The molecule has 9 heteroatoms. The van der Waals surface area contributed by atoms with E-state index in [2.05, 4.69) is 20.5 Å². The van der Waals surface area contributed by atoms with E-state index in [1.54, 1.807) is 22.7 Å². The number of aromatic nitrogens is 5. The summed E-state index contributed by atoms with van der Waals surface area (Å²) in [4.78, 5) is 18.5. The number of nitrogens with zero attached hydrogens (tertiary/aromatic N) is 6. The van der Waals surface area contributed by atoms with Gasteiger partial charge in [0.1, 0.15) is 5.82 Å². The number of aryl methyl sites for hydroxylation is 1. The molecule has 1 aliphatic rings. The molecule has 8 nitrogen and oxygen atoms in total. The molecule has 0 bridgehead atoms. The van der Waals surface area contributed by atoms with Crippen LogP contribution in [0, 0.1) is 12.7 Å². The number of rotatable bonds is 3. The van der Waals surface area contributed by atoms with Crippen molar-refractivity contribution >= 4 is 5.91 Å². The van der Waals surface area contributed by atoms with Crippen LogP contribution < -0.4 is 0 Å². The molecule has 1 aliphatic heterocycles. The Bertz CT molecular complexity index is 919. The molecule has 1 amide bonds. The summed E-state index contributed by atoms with van der Waals surface area (Å²) in [5, 5.41) is 12.0. The molecule has 0 N–H and O–H groups in total. The zero-order chi connectivity index (χ0) is 18.1. The Morgan fingerprint density at radius 1 is 1.31 bits per heavy atom. The van der Waals surface area contributed by atoms with Gasteiger partial charge in [-0.3, -0.25) is 4.79 Å². The zero-order valence-electron chi connectivity index (χ0n) is 14.2. The highest BCUT2D eigenvalue weighted by molar-refractivity contribution is 5.94. The summed E-state index contributed by atoms with van der Waals surface area (Å²) < 4.78 is 19.9. The number of piperidine rings is 1. The fourth-order valence-corrected chi connectivity index (χ4v) is 3.08. The first-order valence-electron chi connectivity index (χ1n) is 8.37. The molecule has 0 spiro atoms. The fraction of sp³-hybridized carbons (Fsp3) is 0.353. The molecule has 2 aromatic heterocycles. The van der Waals surface area contributed by atoms with Gasteiger partial charge >= 0.3 is 0 Å². The van der Waals surface area contributed by atoms with Gasteiger partial charge in [0.05, 0.1) is 12.2 Å². The third-order valence-corrected chi connectivity index (χ3v) is 4.41. The summed E-state index contributed by atoms with van der Waals surface area (Å²) in [5.74, 6) is 0.388. The van der Waals surface area contributed by atoms with Crippen molar-refractivity contribution in [1.29, 1.82) is 0 Å². The lowest BCUT2D eigenvalue weighted by atomic mass is 10.0. The van der Waals surface area contributed by atoms with Gasteiger partial charge in [0.2, 0.25) is 0 Å². The van der Waals surface area contributed by atoms with Crippen molar-refractivity contribution < 1.29 is 13.7 Å². The third-order valence-electron chi connectivity index (χ3n) is 4.41. The summed E-state index contributed by atoms with van der Waals surface area (Å²) in [7, 11) is 0. The average molecular weight is 356 g/mol. The van der Waals surface area contributed by atoms with Crippen molar-refractivity contribution in [2.45, 2.75) is 25.8 Å². The molecule has 3 aromatic rings. The molecule has 134 valence electrons. The second-order valence-corrected chi connectivity index (χ2v) is 6.28. The minimum absolute atomic E-state index is 0.0124. The molecule has 4 rings (SSSR count). The van der Waals surface area contributed by atoms with Gasteiger partial charge in [-0.25, -0.2) is 9.07 Å². The normalized spacial score (nSPS) is 17.5. The second-order valence-electron chi connectivity index (χ2n) is 6.28. The minimum atomic E-state index is -0.357. The number of hydrogen-bond acceptors (Lipinski definition) is 6. The summed E-state index contributed by atoms with van der Waals surface area (Å²) in [6, 6.07) is 5.62. The quantitative estimate of drug-likeness (QED) is 0.715. The Kier molecular flexibility index (Phi) is 4.19. The van der Waals surface area contributed by atoms with Crippen LogP contribution in [0.2, 0.25) is 0 Å². The van der Waals surface area contributed by atoms with Crippen LogP contribution in [0.4, 0.5) is 4.39 Å². The van der Waals surface area contributed by atoms with Crippen molar-refractivity contribution in [3.8, 4) is 11.6 Å². The molecule has 26 heavy (non-hydrogen) atoms. The second kappa shape index (κ2) is 6.66. The maximum atomic E-state index is 13.1. The molecule has 3 heterocycles. The molecule has 1 unspecified atom stereocenters. The Morgan fingerprint density at radius 3 is 2.85 bits per heavy atom. The maximum Gasteiger partial charge on any atom is 0.280 e. The zero-order valence-corrected chi connectivity index (χ0v) is 14.2. The van der Waals surface area contributed by atoms with E-state index in [4.69, 9.17) is 4.52 Å². The molecule has 0 aliphatic carbocycles. The topological polar surface area (TPSA) is 89.9 Å². The lowest BCUT2D eigenvalue weighted by molar-refractivity contribution is 0.0672. The largest absolute Gasteiger partial charge is 0.337 e. The van der Waals surface area contributed by atoms with Gasteiger partial charge in [0, 0.05) is 18.7 Å². The number of amides is 1. The van der Waals surface area contributed by atoms with Crippen LogP contribution >= 0.6 is 0 Å². The van der Waals surface area contributed by atoms with Gasteiger partial charge in [-0.2, -0.15) is 4.98 Å². The highest BCUT2D eigenvalue weighted by Gasteiger charge is 2.27. The van der Waals surface area contributed by atoms with E-state index < -0.39 is 0 Å². The van der Waals surface area contributed by atoms with Crippen molar-refractivity contribution in [2.24, 2.45) is 0 Å². The maximum absolute atomic E-state index is 13.1. The lowest BCUT2D eigenvalue weighted by Gasteiger charge is -2.32. The van der Waals surface area contributed by atoms with E-state index in [1.165, 1.54) is 24.3 Å². The average Bonchev–Trinajstić information content (AvgIpc) is 3.31. The van der Waals surface area contributed by atoms with E-state index in [9.17, 15) is 9.18 Å². The molecular formula is C17H17FN6O2. The van der Waals surface area contributed by atoms with Gasteiger partial charge in [-0.1, -0.05) is 10.4 Å².